The number of halogens is 3. The second-order valence-corrected chi connectivity index (χ2v) is 12.2. The molecule has 8 heteroatoms. The standard InChI is InChI=1S/C15H21F3O3SSi/c1-5-13(23(3,4)14-9-7-6-8-10-14)11-12(2)21-22(19,20)15(16,17)18/h6-11,13H,5H2,1-4H3/b12-11+/t13-/m0/s1. The van der Waals surface area contributed by atoms with E-state index in [-0.39, 0.29) is 11.3 Å². The first-order chi connectivity index (χ1) is 10.4. The maximum atomic E-state index is 12.4. The van der Waals surface area contributed by atoms with Crippen molar-refractivity contribution in [3.63, 3.8) is 0 Å². The van der Waals surface area contributed by atoms with Gasteiger partial charge >= 0.3 is 15.6 Å². The molecule has 0 saturated carbocycles. The summed E-state index contributed by atoms with van der Waals surface area (Å²) in [7, 11) is -7.64. The normalized spacial score (nSPS) is 15.3. The van der Waals surface area contributed by atoms with Crippen LogP contribution in [0, 0.1) is 0 Å². The lowest BCUT2D eigenvalue weighted by Crippen LogP contribution is -2.45. The number of rotatable bonds is 6. The van der Waals surface area contributed by atoms with Crippen LogP contribution in [0.3, 0.4) is 0 Å². The molecule has 1 atom stereocenters. The molecule has 0 bridgehead atoms. The number of benzene rings is 1. The summed E-state index contributed by atoms with van der Waals surface area (Å²) in [5, 5.41) is 1.15. The second kappa shape index (κ2) is 7.08. The fraction of sp³-hybridized carbons (Fsp3) is 0.467. The summed E-state index contributed by atoms with van der Waals surface area (Å²) < 4.78 is 63.5. The van der Waals surface area contributed by atoms with Crippen LogP contribution < -0.4 is 5.19 Å². The predicted molar refractivity (Wildman–Crippen MR) is 87.4 cm³/mol. The molecule has 0 unspecified atom stereocenters. The van der Waals surface area contributed by atoms with Crippen molar-refractivity contribution < 1.29 is 25.8 Å². The molecule has 0 fully saturated rings. The monoisotopic (exact) mass is 366 g/mol. The Balaban J connectivity index is 3.07. The van der Waals surface area contributed by atoms with Gasteiger partial charge in [-0.05, 0) is 18.5 Å². The van der Waals surface area contributed by atoms with E-state index in [1.807, 2.05) is 37.3 Å². The van der Waals surface area contributed by atoms with Gasteiger partial charge in [-0.15, -0.1) is 0 Å². The van der Waals surface area contributed by atoms with Gasteiger partial charge in [0.2, 0.25) is 0 Å². The second-order valence-electron chi connectivity index (χ2n) is 5.86. The third kappa shape index (κ3) is 4.84. The SMILES string of the molecule is CC[C@@H](/C=C(\C)OS(=O)(=O)C(F)(F)F)[Si](C)(C)c1ccccc1. The van der Waals surface area contributed by atoms with E-state index >= 15 is 0 Å². The van der Waals surface area contributed by atoms with Gasteiger partial charge in [0, 0.05) is 0 Å². The number of allylic oxidation sites excluding steroid dienone is 2. The Bertz CT molecular complexity index is 652. The molecule has 0 aromatic heterocycles. The predicted octanol–water partition coefficient (Wildman–Crippen LogP) is 4.15. The van der Waals surface area contributed by atoms with Gasteiger partial charge in [-0.25, -0.2) is 0 Å². The molecular formula is C15H21F3O3SSi. The molecule has 0 aliphatic heterocycles. The summed E-state index contributed by atoms with van der Waals surface area (Å²) in [6.45, 7) is 7.35. The van der Waals surface area contributed by atoms with Crippen molar-refractivity contribution in [2.45, 2.75) is 44.4 Å². The molecule has 23 heavy (non-hydrogen) atoms. The number of hydrogen-bond donors (Lipinski definition) is 0. The van der Waals surface area contributed by atoms with Crippen molar-refractivity contribution in [1.82, 2.24) is 0 Å². The summed E-state index contributed by atoms with van der Waals surface area (Å²) >= 11 is 0. The number of alkyl halides is 3. The van der Waals surface area contributed by atoms with E-state index in [0.717, 1.165) is 5.19 Å². The van der Waals surface area contributed by atoms with Crippen LogP contribution in [0.5, 0.6) is 0 Å². The molecule has 0 aliphatic rings. The van der Waals surface area contributed by atoms with E-state index in [1.54, 1.807) is 0 Å². The molecule has 0 spiro atoms. The summed E-state index contributed by atoms with van der Waals surface area (Å²) in [5.74, 6) is -0.245. The molecular weight excluding hydrogens is 345 g/mol. The molecule has 0 amide bonds. The van der Waals surface area contributed by atoms with Gasteiger partial charge in [-0.1, -0.05) is 62.0 Å². The van der Waals surface area contributed by atoms with E-state index in [9.17, 15) is 21.6 Å². The van der Waals surface area contributed by atoms with Gasteiger partial charge in [-0.3, -0.25) is 0 Å². The zero-order chi connectivity index (χ0) is 17.9. The number of hydrogen-bond acceptors (Lipinski definition) is 3. The zero-order valence-electron chi connectivity index (χ0n) is 13.5. The van der Waals surface area contributed by atoms with E-state index in [0.29, 0.717) is 6.42 Å². The van der Waals surface area contributed by atoms with Crippen molar-refractivity contribution >= 4 is 23.4 Å². The van der Waals surface area contributed by atoms with E-state index < -0.39 is 23.7 Å². The van der Waals surface area contributed by atoms with Crippen LogP contribution in [-0.2, 0) is 14.3 Å². The first kappa shape index (κ1) is 19.8. The largest absolute Gasteiger partial charge is 0.534 e. The van der Waals surface area contributed by atoms with Crippen LogP contribution in [0.25, 0.3) is 0 Å². The van der Waals surface area contributed by atoms with E-state index in [2.05, 4.69) is 17.3 Å². The Morgan fingerprint density at radius 2 is 1.78 bits per heavy atom. The lowest BCUT2D eigenvalue weighted by atomic mass is 10.3. The van der Waals surface area contributed by atoms with Gasteiger partial charge in [0.25, 0.3) is 0 Å². The van der Waals surface area contributed by atoms with Crippen LogP contribution >= 0.6 is 0 Å². The highest BCUT2D eigenvalue weighted by atomic mass is 32.2. The highest BCUT2D eigenvalue weighted by Crippen LogP contribution is 2.31. The molecule has 1 rings (SSSR count). The Morgan fingerprint density at radius 3 is 2.22 bits per heavy atom. The van der Waals surface area contributed by atoms with Crippen LogP contribution in [0.15, 0.2) is 42.2 Å². The minimum absolute atomic E-state index is 0.0478. The Kier molecular flexibility index (Phi) is 6.09. The maximum absolute atomic E-state index is 12.4. The molecule has 0 radical (unpaired) electrons. The minimum Gasteiger partial charge on any atom is -0.381 e. The van der Waals surface area contributed by atoms with Gasteiger partial charge in [-0.2, -0.15) is 21.6 Å². The van der Waals surface area contributed by atoms with Gasteiger partial charge in [0.15, 0.2) is 0 Å². The van der Waals surface area contributed by atoms with Gasteiger partial charge < -0.3 is 4.18 Å². The first-order valence-electron chi connectivity index (χ1n) is 7.16. The molecule has 0 heterocycles. The maximum Gasteiger partial charge on any atom is 0.534 e. The average molecular weight is 366 g/mol. The molecule has 1 aromatic carbocycles. The van der Waals surface area contributed by atoms with Gasteiger partial charge in [0.1, 0.15) is 5.76 Å². The van der Waals surface area contributed by atoms with Crippen molar-refractivity contribution in [1.29, 1.82) is 0 Å². The van der Waals surface area contributed by atoms with Crippen LogP contribution in [0.1, 0.15) is 20.3 Å². The highest BCUT2D eigenvalue weighted by Gasteiger charge is 2.48. The van der Waals surface area contributed by atoms with Crippen molar-refractivity contribution in [2.75, 3.05) is 0 Å². The molecule has 3 nitrogen and oxygen atoms in total. The van der Waals surface area contributed by atoms with Crippen molar-refractivity contribution in [2.24, 2.45) is 0 Å². The molecule has 130 valence electrons. The summed E-state index contributed by atoms with van der Waals surface area (Å²) in [6, 6.07) is 9.71. The fourth-order valence-electron chi connectivity index (χ4n) is 2.45. The molecule has 0 saturated heterocycles. The quantitative estimate of drug-likeness (QED) is 0.329. The summed E-state index contributed by atoms with van der Waals surface area (Å²) in [5.41, 5.74) is -5.47. The molecule has 1 aromatic rings. The topological polar surface area (TPSA) is 43.4 Å². The van der Waals surface area contributed by atoms with Crippen LogP contribution in [0.4, 0.5) is 13.2 Å². The third-order valence-electron chi connectivity index (χ3n) is 3.85. The zero-order valence-corrected chi connectivity index (χ0v) is 15.3. The van der Waals surface area contributed by atoms with Crippen molar-refractivity contribution in [3.05, 3.63) is 42.2 Å². The highest BCUT2D eigenvalue weighted by molar-refractivity contribution is 7.87. The summed E-state index contributed by atoms with van der Waals surface area (Å²) in [4.78, 5) is 0. The fourth-order valence-corrected chi connectivity index (χ4v) is 6.10. The minimum atomic E-state index is -5.61. The lowest BCUT2D eigenvalue weighted by Gasteiger charge is -2.30. The lowest BCUT2D eigenvalue weighted by molar-refractivity contribution is -0.0521. The van der Waals surface area contributed by atoms with Crippen LogP contribution in [0.2, 0.25) is 18.6 Å². The average Bonchev–Trinajstić information content (AvgIpc) is 2.43. The molecule has 0 aliphatic carbocycles. The third-order valence-corrected chi connectivity index (χ3v) is 9.14. The van der Waals surface area contributed by atoms with Crippen molar-refractivity contribution in [3.8, 4) is 0 Å². The first-order valence-corrected chi connectivity index (χ1v) is 11.6. The van der Waals surface area contributed by atoms with E-state index in [4.69, 9.17) is 0 Å². The van der Waals surface area contributed by atoms with Gasteiger partial charge in [0.05, 0.1) is 8.07 Å². The summed E-state index contributed by atoms with van der Waals surface area (Å²) in [6.07, 6.45) is 2.18. The van der Waals surface area contributed by atoms with E-state index in [1.165, 1.54) is 13.0 Å². The molecule has 0 N–H and O–H groups in total. The Hall–Kier alpha value is -1.28. The smallest absolute Gasteiger partial charge is 0.381 e. The Morgan fingerprint density at radius 1 is 1.26 bits per heavy atom. The Labute approximate surface area is 136 Å². The van der Waals surface area contributed by atoms with Crippen LogP contribution in [-0.4, -0.2) is 22.0 Å².